The second-order valence-electron chi connectivity index (χ2n) is 6.53. The monoisotopic (exact) mass is 529 g/mol. The molecule has 187 valence electrons. The van der Waals surface area contributed by atoms with Gasteiger partial charge in [-0.1, -0.05) is 60.7 Å². The van der Waals surface area contributed by atoms with Crippen LogP contribution in [0.4, 0.5) is 11.4 Å². The van der Waals surface area contributed by atoms with Crippen LogP contribution in [0, 0.1) is 9.81 Å². The topological polar surface area (TPSA) is 174 Å². The number of hydrogen-bond acceptors (Lipinski definition) is 8. The van der Waals surface area contributed by atoms with Crippen molar-refractivity contribution < 1.29 is 47.1 Å². The van der Waals surface area contributed by atoms with Crippen molar-refractivity contribution >= 4 is 44.9 Å². The standard InChI is InChI=1S/2C10H7NO2.2C2H4O2.Cu/c2*12-9-6-5-7-3-1-2-4-8(7)10(9)11-13;2*1-2(3)4;/h2*1-6,12H;2*1H3,(H,3,4);. The number of phenols is 2. The summed E-state index contributed by atoms with van der Waals surface area (Å²) in [6.45, 7) is 2.17. The minimum atomic E-state index is -0.833. The molecule has 0 amide bonds. The van der Waals surface area contributed by atoms with E-state index in [9.17, 15) is 20.0 Å². The van der Waals surface area contributed by atoms with Gasteiger partial charge in [0.2, 0.25) is 0 Å². The van der Waals surface area contributed by atoms with Crippen LogP contribution in [0.1, 0.15) is 13.8 Å². The summed E-state index contributed by atoms with van der Waals surface area (Å²) in [4.78, 5) is 38.9. The molecule has 0 aliphatic rings. The molecule has 10 nitrogen and oxygen atoms in total. The quantitative estimate of drug-likeness (QED) is 0.179. The molecule has 4 aromatic rings. The van der Waals surface area contributed by atoms with Crippen LogP contribution in [0.5, 0.6) is 11.5 Å². The molecule has 1 radical (unpaired) electrons. The van der Waals surface area contributed by atoms with Crippen LogP contribution < -0.4 is 0 Å². The summed E-state index contributed by atoms with van der Waals surface area (Å²) in [5.41, 5.74) is 0.219. The van der Waals surface area contributed by atoms with E-state index >= 15 is 0 Å². The zero-order chi connectivity index (χ0) is 25.7. The summed E-state index contributed by atoms with van der Waals surface area (Å²) in [5, 5.41) is 42.2. The van der Waals surface area contributed by atoms with Gasteiger partial charge < -0.3 is 20.4 Å². The molecule has 0 aliphatic heterocycles. The fourth-order valence-corrected chi connectivity index (χ4v) is 2.68. The largest absolute Gasteiger partial charge is 0.506 e. The molecule has 0 spiro atoms. The number of carboxylic acid groups (broad SMARTS) is 2. The van der Waals surface area contributed by atoms with Gasteiger partial charge in [0.15, 0.2) is 11.4 Å². The van der Waals surface area contributed by atoms with Crippen LogP contribution in [0.3, 0.4) is 0 Å². The van der Waals surface area contributed by atoms with Crippen molar-refractivity contribution in [2.75, 3.05) is 0 Å². The summed E-state index contributed by atoms with van der Waals surface area (Å²) in [6, 6.07) is 21.0. The average molecular weight is 530 g/mol. The zero-order valence-corrected chi connectivity index (χ0v) is 19.5. The van der Waals surface area contributed by atoms with Crippen molar-refractivity contribution in [3.63, 3.8) is 0 Å². The molecule has 11 heteroatoms. The summed E-state index contributed by atoms with van der Waals surface area (Å²) < 4.78 is 0. The van der Waals surface area contributed by atoms with E-state index in [-0.39, 0.29) is 39.9 Å². The Morgan fingerprint density at radius 3 is 1.17 bits per heavy atom. The number of carbonyl (C=O) groups is 2. The van der Waals surface area contributed by atoms with Crippen molar-refractivity contribution in [2.45, 2.75) is 13.8 Å². The summed E-state index contributed by atoms with van der Waals surface area (Å²) in [5.74, 6) is -1.82. The molecule has 4 N–H and O–H groups in total. The SMILES string of the molecule is CC(=O)O.CC(=O)O.O=Nc1c(O)ccc2ccccc12.O=Nc1c(O)ccc2ccccc12.[Cu]. The molecule has 0 aliphatic carbocycles. The normalized spacial score (nSPS) is 8.97. The number of benzene rings is 4. The fraction of sp³-hybridized carbons (Fsp3) is 0.0833. The maximum Gasteiger partial charge on any atom is 0.300 e. The Labute approximate surface area is 210 Å². The van der Waals surface area contributed by atoms with Gasteiger partial charge in [0.1, 0.15) is 11.5 Å². The van der Waals surface area contributed by atoms with E-state index in [4.69, 9.17) is 19.8 Å². The molecule has 4 rings (SSSR count). The Balaban J connectivity index is 0.000000499. The van der Waals surface area contributed by atoms with Gasteiger partial charge in [-0.15, -0.1) is 9.81 Å². The fourth-order valence-electron chi connectivity index (χ4n) is 2.68. The number of phenolic OH excluding ortho intramolecular Hbond substituents is 2. The second kappa shape index (κ2) is 15.5. The predicted octanol–water partition coefficient (Wildman–Crippen LogP) is 6.07. The predicted molar refractivity (Wildman–Crippen MR) is 129 cm³/mol. The van der Waals surface area contributed by atoms with E-state index in [0.717, 1.165) is 24.6 Å². The number of hydrogen-bond donors (Lipinski definition) is 4. The van der Waals surface area contributed by atoms with E-state index in [1.54, 1.807) is 36.4 Å². The molecular formula is C24H22CuN2O8. The van der Waals surface area contributed by atoms with Gasteiger partial charge >= 0.3 is 0 Å². The smallest absolute Gasteiger partial charge is 0.300 e. The molecule has 0 unspecified atom stereocenters. The first-order valence-corrected chi connectivity index (χ1v) is 9.59. The first-order valence-electron chi connectivity index (χ1n) is 9.59. The van der Waals surface area contributed by atoms with Crippen LogP contribution in [-0.2, 0) is 26.7 Å². The molecule has 0 bridgehead atoms. The van der Waals surface area contributed by atoms with E-state index < -0.39 is 11.9 Å². The Morgan fingerprint density at radius 2 is 0.886 bits per heavy atom. The van der Waals surface area contributed by atoms with Crippen molar-refractivity contribution in [1.29, 1.82) is 0 Å². The third-order valence-electron chi connectivity index (χ3n) is 3.94. The van der Waals surface area contributed by atoms with Gasteiger partial charge in [-0.25, -0.2) is 0 Å². The van der Waals surface area contributed by atoms with E-state index in [2.05, 4.69) is 10.4 Å². The molecular weight excluding hydrogens is 508 g/mol. The summed E-state index contributed by atoms with van der Waals surface area (Å²) >= 11 is 0. The molecule has 0 saturated heterocycles. The van der Waals surface area contributed by atoms with E-state index in [0.29, 0.717) is 10.8 Å². The molecule has 0 fully saturated rings. The molecule has 4 aromatic carbocycles. The Kier molecular flexibility index (Phi) is 13.6. The van der Waals surface area contributed by atoms with Crippen LogP contribution in [0.25, 0.3) is 21.5 Å². The zero-order valence-electron chi connectivity index (χ0n) is 18.5. The minimum absolute atomic E-state index is 0. The van der Waals surface area contributed by atoms with Crippen LogP contribution in [0.2, 0.25) is 0 Å². The average Bonchev–Trinajstić information content (AvgIpc) is 2.79. The van der Waals surface area contributed by atoms with Gasteiger partial charge in [-0.05, 0) is 33.3 Å². The molecule has 35 heavy (non-hydrogen) atoms. The Hall–Kier alpha value is -4.34. The molecule has 0 heterocycles. The van der Waals surface area contributed by atoms with Crippen LogP contribution in [0.15, 0.2) is 83.2 Å². The van der Waals surface area contributed by atoms with Gasteiger partial charge in [0, 0.05) is 41.7 Å². The Bertz CT molecular complexity index is 1200. The molecule has 0 saturated carbocycles. The number of aromatic hydroxyl groups is 2. The molecule has 0 atom stereocenters. The number of fused-ring (bicyclic) bond motifs is 2. The summed E-state index contributed by atoms with van der Waals surface area (Å²) in [7, 11) is 0. The molecule has 0 aromatic heterocycles. The minimum Gasteiger partial charge on any atom is -0.506 e. The number of rotatable bonds is 2. The maximum atomic E-state index is 10.4. The van der Waals surface area contributed by atoms with Gasteiger partial charge in [-0.3, -0.25) is 9.59 Å². The van der Waals surface area contributed by atoms with Gasteiger partial charge in [-0.2, -0.15) is 0 Å². The third kappa shape index (κ3) is 9.99. The van der Waals surface area contributed by atoms with Gasteiger partial charge in [0.25, 0.3) is 11.9 Å². The van der Waals surface area contributed by atoms with Crippen LogP contribution in [-0.4, -0.2) is 32.4 Å². The van der Waals surface area contributed by atoms with Crippen LogP contribution >= 0.6 is 0 Å². The first-order chi connectivity index (χ1) is 16.1. The second-order valence-corrected chi connectivity index (χ2v) is 6.53. The maximum absolute atomic E-state index is 10.4. The van der Waals surface area contributed by atoms with Gasteiger partial charge in [0.05, 0.1) is 0 Å². The first kappa shape index (κ1) is 30.7. The van der Waals surface area contributed by atoms with Crippen molar-refractivity contribution in [2.24, 2.45) is 10.4 Å². The Morgan fingerprint density at radius 1 is 0.600 bits per heavy atom. The summed E-state index contributed by atoms with van der Waals surface area (Å²) in [6.07, 6.45) is 0. The van der Waals surface area contributed by atoms with Crippen molar-refractivity contribution in [3.8, 4) is 11.5 Å². The van der Waals surface area contributed by atoms with Crippen molar-refractivity contribution in [1.82, 2.24) is 0 Å². The number of nitroso groups, excluding NO2 is 2. The third-order valence-corrected chi connectivity index (χ3v) is 3.94. The number of carboxylic acids is 2. The van der Waals surface area contributed by atoms with E-state index in [1.807, 2.05) is 24.3 Å². The number of nitrogens with zero attached hydrogens (tertiary/aromatic N) is 2. The van der Waals surface area contributed by atoms with E-state index in [1.165, 1.54) is 12.1 Å². The number of aliphatic carboxylic acids is 2. The van der Waals surface area contributed by atoms with Crippen molar-refractivity contribution in [3.05, 3.63) is 82.6 Å².